The van der Waals surface area contributed by atoms with E-state index in [1.54, 1.807) is 12.3 Å². The maximum Gasteiger partial charge on any atom is 0.315 e. The minimum Gasteiger partial charge on any atom is -0.467 e. The molecule has 0 fully saturated rings. The van der Waals surface area contributed by atoms with Gasteiger partial charge in [-0.05, 0) is 24.1 Å². The third kappa shape index (κ3) is 4.10. The van der Waals surface area contributed by atoms with Crippen LogP contribution in [0.15, 0.2) is 53.1 Å². The van der Waals surface area contributed by atoms with Crippen molar-refractivity contribution >= 4 is 6.03 Å². The summed E-state index contributed by atoms with van der Waals surface area (Å²) in [6.07, 6.45) is 2.24. The number of rotatable bonds is 6. The van der Waals surface area contributed by atoms with E-state index in [-0.39, 0.29) is 24.7 Å². The molecule has 2 amide bonds. The molecule has 0 aliphatic rings. The third-order valence-corrected chi connectivity index (χ3v) is 3.28. The second-order valence-corrected chi connectivity index (χ2v) is 4.76. The van der Waals surface area contributed by atoms with Crippen LogP contribution in [-0.4, -0.2) is 23.8 Å². The molecule has 0 aliphatic carbocycles. The number of hydrogen-bond donors (Lipinski definition) is 3. The zero-order chi connectivity index (χ0) is 15.1. The molecule has 2 atom stereocenters. The number of furan rings is 1. The van der Waals surface area contributed by atoms with Crippen LogP contribution in [0.2, 0.25) is 0 Å². The van der Waals surface area contributed by atoms with Crippen molar-refractivity contribution in [3.05, 3.63) is 60.1 Å². The van der Waals surface area contributed by atoms with Crippen LogP contribution >= 0.6 is 0 Å². The number of carbonyl (C=O) groups is 1. The number of aliphatic hydroxyl groups excluding tert-OH is 1. The van der Waals surface area contributed by atoms with E-state index in [2.05, 4.69) is 10.6 Å². The van der Waals surface area contributed by atoms with E-state index < -0.39 is 0 Å². The van der Waals surface area contributed by atoms with Crippen molar-refractivity contribution in [2.24, 2.45) is 0 Å². The molecule has 0 saturated heterocycles. The Morgan fingerprint density at radius 2 is 1.95 bits per heavy atom. The Morgan fingerprint density at radius 3 is 2.52 bits per heavy atom. The number of urea groups is 1. The van der Waals surface area contributed by atoms with Crippen molar-refractivity contribution in [2.75, 3.05) is 6.61 Å². The van der Waals surface area contributed by atoms with Gasteiger partial charge < -0.3 is 20.2 Å². The summed E-state index contributed by atoms with van der Waals surface area (Å²) in [7, 11) is 0. The van der Waals surface area contributed by atoms with Crippen molar-refractivity contribution in [1.82, 2.24) is 10.6 Å². The van der Waals surface area contributed by atoms with Crippen molar-refractivity contribution in [2.45, 2.75) is 25.4 Å². The molecule has 1 aromatic carbocycles. The van der Waals surface area contributed by atoms with Crippen molar-refractivity contribution < 1.29 is 14.3 Å². The van der Waals surface area contributed by atoms with E-state index in [0.29, 0.717) is 12.2 Å². The molecule has 0 bridgehead atoms. The zero-order valence-electron chi connectivity index (χ0n) is 12.0. The van der Waals surface area contributed by atoms with Gasteiger partial charge in [0.1, 0.15) is 11.8 Å². The molecular formula is C16H20N2O3. The average molecular weight is 288 g/mol. The molecule has 5 heteroatoms. The summed E-state index contributed by atoms with van der Waals surface area (Å²) in [5.41, 5.74) is 0.930. The van der Waals surface area contributed by atoms with Crippen LogP contribution in [-0.2, 0) is 0 Å². The number of nitrogens with one attached hydrogen (secondary N) is 2. The van der Waals surface area contributed by atoms with E-state index in [1.165, 1.54) is 0 Å². The predicted molar refractivity (Wildman–Crippen MR) is 79.8 cm³/mol. The number of hydrogen-bond acceptors (Lipinski definition) is 3. The Bertz CT molecular complexity index is 536. The largest absolute Gasteiger partial charge is 0.467 e. The zero-order valence-corrected chi connectivity index (χ0v) is 12.0. The van der Waals surface area contributed by atoms with Crippen LogP contribution < -0.4 is 10.6 Å². The minimum atomic E-state index is -0.364. The van der Waals surface area contributed by atoms with Crippen molar-refractivity contribution in [1.29, 1.82) is 0 Å². The fourth-order valence-electron chi connectivity index (χ4n) is 2.05. The second-order valence-electron chi connectivity index (χ2n) is 4.76. The van der Waals surface area contributed by atoms with Crippen molar-refractivity contribution in [3.63, 3.8) is 0 Å². The summed E-state index contributed by atoms with van der Waals surface area (Å²) in [4.78, 5) is 12.1. The highest BCUT2D eigenvalue weighted by atomic mass is 16.3. The first-order valence-electron chi connectivity index (χ1n) is 7.00. The lowest BCUT2D eigenvalue weighted by Gasteiger charge is -2.20. The van der Waals surface area contributed by atoms with Crippen LogP contribution in [0.3, 0.4) is 0 Å². The Labute approximate surface area is 124 Å². The highest BCUT2D eigenvalue weighted by Crippen LogP contribution is 2.22. The van der Waals surface area contributed by atoms with E-state index in [9.17, 15) is 4.79 Å². The van der Waals surface area contributed by atoms with Gasteiger partial charge in [0.05, 0.1) is 18.9 Å². The molecule has 112 valence electrons. The standard InChI is InChI=1S/C16H20N2O3/c1-2-13(11-19)17-16(20)18-15(14-9-6-10-21-14)12-7-4-3-5-8-12/h3-10,13,15,19H,2,11H2,1H3,(H2,17,18,20). The quantitative estimate of drug-likeness (QED) is 0.764. The van der Waals surface area contributed by atoms with Gasteiger partial charge in [-0.15, -0.1) is 0 Å². The molecular weight excluding hydrogens is 268 g/mol. The number of amides is 2. The van der Waals surface area contributed by atoms with Gasteiger partial charge in [-0.1, -0.05) is 37.3 Å². The molecule has 5 nitrogen and oxygen atoms in total. The number of benzene rings is 1. The second kappa shape index (κ2) is 7.50. The van der Waals surface area contributed by atoms with Crippen molar-refractivity contribution in [3.8, 4) is 0 Å². The summed E-state index contributed by atoms with van der Waals surface area (Å²) in [6.45, 7) is 1.82. The predicted octanol–water partition coefficient (Wildman–Crippen LogP) is 2.44. The Balaban J connectivity index is 2.12. The molecule has 0 spiro atoms. The van der Waals surface area contributed by atoms with E-state index in [1.807, 2.05) is 43.3 Å². The van der Waals surface area contributed by atoms with Gasteiger partial charge in [-0.3, -0.25) is 0 Å². The lowest BCUT2D eigenvalue weighted by atomic mass is 10.0. The van der Waals surface area contributed by atoms with Crippen LogP contribution in [0.5, 0.6) is 0 Å². The fourth-order valence-corrected chi connectivity index (χ4v) is 2.05. The van der Waals surface area contributed by atoms with Crippen LogP contribution in [0.1, 0.15) is 30.7 Å². The first-order valence-corrected chi connectivity index (χ1v) is 7.00. The Kier molecular flexibility index (Phi) is 5.40. The average Bonchev–Trinajstić information content (AvgIpc) is 3.05. The molecule has 2 aromatic rings. The summed E-state index contributed by atoms with van der Waals surface area (Å²) in [5.74, 6) is 0.661. The molecule has 3 N–H and O–H groups in total. The fraction of sp³-hybridized carbons (Fsp3) is 0.312. The smallest absolute Gasteiger partial charge is 0.315 e. The normalized spacial score (nSPS) is 13.4. The van der Waals surface area contributed by atoms with Gasteiger partial charge in [-0.25, -0.2) is 4.79 Å². The highest BCUT2D eigenvalue weighted by Gasteiger charge is 2.20. The lowest BCUT2D eigenvalue weighted by molar-refractivity contribution is 0.212. The van der Waals surface area contributed by atoms with Gasteiger partial charge in [0.2, 0.25) is 0 Å². The first kappa shape index (κ1) is 15.1. The maximum atomic E-state index is 12.1. The first-order chi connectivity index (χ1) is 10.2. The molecule has 1 heterocycles. The molecule has 1 aromatic heterocycles. The van der Waals surface area contributed by atoms with Gasteiger partial charge in [0.25, 0.3) is 0 Å². The Morgan fingerprint density at radius 1 is 1.19 bits per heavy atom. The van der Waals surface area contributed by atoms with Gasteiger partial charge in [-0.2, -0.15) is 0 Å². The topological polar surface area (TPSA) is 74.5 Å². The lowest BCUT2D eigenvalue weighted by Crippen LogP contribution is -2.44. The summed E-state index contributed by atoms with van der Waals surface area (Å²) in [5, 5.41) is 14.8. The van der Waals surface area contributed by atoms with Crippen LogP contribution in [0.25, 0.3) is 0 Å². The maximum absolute atomic E-state index is 12.1. The summed E-state index contributed by atoms with van der Waals surface area (Å²) >= 11 is 0. The molecule has 0 aliphatic heterocycles. The van der Waals surface area contributed by atoms with E-state index >= 15 is 0 Å². The molecule has 0 radical (unpaired) electrons. The van der Waals surface area contributed by atoms with Gasteiger partial charge in [0.15, 0.2) is 0 Å². The minimum absolute atomic E-state index is 0.0827. The van der Waals surface area contributed by atoms with Gasteiger partial charge in [0, 0.05) is 0 Å². The monoisotopic (exact) mass is 288 g/mol. The number of carbonyl (C=O) groups excluding carboxylic acids is 1. The van der Waals surface area contributed by atoms with Crippen LogP contribution in [0, 0.1) is 0 Å². The molecule has 21 heavy (non-hydrogen) atoms. The summed E-state index contributed by atoms with van der Waals surface area (Å²) < 4.78 is 5.42. The van der Waals surface area contributed by atoms with E-state index in [0.717, 1.165) is 5.56 Å². The molecule has 0 saturated carbocycles. The molecule has 2 unspecified atom stereocenters. The third-order valence-electron chi connectivity index (χ3n) is 3.28. The highest BCUT2D eigenvalue weighted by molar-refractivity contribution is 5.75. The Hall–Kier alpha value is -2.27. The SMILES string of the molecule is CCC(CO)NC(=O)NC(c1ccccc1)c1ccco1. The number of aliphatic hydroxyl groups is 1. The van der Waals surface area contributed by atoms with E-state index in [4.69, 9.17) is 9.52 Å². The van der Waals surface area contributed by atoms with Crippen LogP contribution in [0.4, 0.5) is 4.79 Å². The molecule has 2 rings (SSSR count). The van der Waals surface area contributed by atoms with Gasteiger partial charge >= 0.3 is 6.03 Å². The summed E-state index contributed by atoms with van der Waals surface area (Å²) in [6, 6.07) is 12.3.